The zero-order valence-corrected chi connectivity index (χ0v) is 17.2. The number of carbonyl (C=O) groups excluding carboxylic acids is 1. The van der Waals surface area contributed by atoms with Gasteiger partial charge in [-0.05, 0) is 23.1 Å². The minimum atomic E-state index is -1.20. The van der Waals surface area contributed by atoms with Crippen molar-refractivity contribution in [3.05, 3.63) is 85.3 Å². The summed E-state index contributed by atoms with van der Waals surface area (Å²) in [7, 11) is 0. The van der Waals surface area contributed by atoms with Crippen molar-refractivity contribution in [1.29, 1.82) is 0 Å². The van der Waals surface area contributed by atoms with E-state index in [1.165, 1.54) is 23.0 Å². The number of carbonyl (C=O) groups is 2. The first-order valence-corrected chi connectivity index (χ1v) is 10.1. The molecule has 4 N–H and O–H groups in total. The van der Waals surface area contributed by atoms with Crippen LogP contribution in [0.25, 0.3) is 5.65 Å². The Morgan fingerprint density at radius 3 is 2.73 bits per heavy atom. The van der Waals surface area contributed by atoms with E-state index in [2.05, 4.69) is 15.3 Å². The molecule has 0 aliphatic carbocycles. The topological polar surface area (TPSA) is 160 Å². The Kier molecular flexibility index (Phi) is 4.66. The maximum Gasteiger partial charge on any atom is 0.353 e. The Bertz CT molecular complexity index is 1510. The molecular formula is C22H18N6O5. The number of nitrogens with two attached hydrogens (primary N) is 1. The summed E-state index contributed by atoms with van der Waals surface area (Å²) in [5, 5.41) is 12.2. The van der Waals surface area contributed by atoms with Gasteiger partial charge in [-0.15, -0.1) is 0 Å². The second-order valence-electron chi connectivity index (χ2n) is 7.83. The van der Waals surface area contributed by atoms with Crippen LogP contribution in [0, 0.1) is 0 Å². The van der Waals surface area contributed by atoms with Crippen LogP contribution in [0.5, 0.6) is 0 Å². The first-order chi connectivity index (χ1) is 15.8. The number of anilines is 2. The molecule has 1 amide bonds. The average Bonchev–Trinajstić information content (AvgIpc) is 3.30. The molecule has 4 aromatic rings. The van der Waals surface area contributed by atoms with Crippen molar-refractivity contribution in [2.24, 2.45) is 0 Å². The maximum absolute atomic E-state index is 12.6. The van der Waals surface area contributed by atoms with E-state index in [9.17, 15) is 24.3 Å². The summed E-state index contributed by atoms with van der Waals surface area (Å²) in [5.41, 5.74) is 7.84. The van der Waals surface area contributed by atoms with E-state index in [0.29, 0.717) is 19.5 Å². The van der Waals surface area contributed by atoms with E-state index in [4.69, 9.17) is 5.73 Å². The van der Waals surface area contributed by atoms with Crippen LogP contribution in [0.4, 0.5) is 11.4 Å². The monoisotopic (exact) mass is 446 g/mol. The lowest BCUT2D eigenvalue weighted by Crippen LogP contribution is -2.44. The van der Waals surface area contributed by atoms with Gasteiger partial charge in [-0.1, -0.05) is 18.2 Å². The van der Waals surface area contributed by atoms with Crippen LogP contribution in [-0.2, 0) is 19.5 Å². The normalized spacial score (nSPS) is 13.3. The molecule has 0 bridgehead atoms. The smallest absolute Gasteiger partial charge is 0.353 e. The standard InChI is InChI=1S/C22H18N6O5/c23-17-18(20(30)19(17)29)27-4-3-12-2-1-11(5-13(12)9-27)7-25-21(31)14-6-15(22(32)33)28-10-24-8-16(28)26-14/h1-2,5-6,8,10H,3-4,7,9,23H2,(H,25,31)(H,32,33). The molecule has 0 saturated heterocycles. The van der Waals surface area contributed by atoms with Crippen LogP contribution in [0.15, 0.2) is 46.4 Å². The lowest BCUT2D eigenvalue weighted by molar-refractivity contribution is 0.0688. The predicted molar refractivity (Wildman–Crippen MR) is 118 cm³/mol. The number of carboxylic acid groups (broad SMARTS) is 1. The second-order valence-corrected chi connectivity index (χ2v) is 7.83. The number of rotatable bonds is 5. The van der Waals surface area contributed by atoms with Crippen LogP contribution in [0.2, 0.25) is 0 Å². The summed E-state index contributed by atoms with van der Waals surface area (Å²) in [6.07, 6.45) is 3.40. The van der Waals surface area contributed by atoms with Crippen LogP contribution >= 0.6 is 0 Å². The third kappa shape index (κ3) is 3.39. The van der Waals surface area contributed by atoms with Gasteiger partial charge < -0.3 is 21.1 Å². The molecule has 5 rings (SSSR count). The highest BCUT2D eigenvalue weighted by atomic mass is 16.4. The Labute approximate surface area is 185 Å². The van der Waals surface area contributed by atoms with Gasteiger partial charge in [-0.3, -0.25) is 18.8 Å². The highest BCUT2D eigenvalue weighted by Gasteiger charge is 2.27. The molecule has 33 heavy (non-hydrogen) atoms. The van der Waals surface area contributed by atoms with Gasteiger partial charge in [-0.25, -0.2) is 14.8 Å². The lowest BCUT2D eigenvalue weighted by atomic mass is 9.96. The molecule has 0 unspecified atom stereocenters. The first kappa shape index (κ1) is 20.4. The molecule has 1 aliphatic rings. The van der Waals surface area contributed by atoms with E-state index in [0.717, 1.165) is 16.7 Å². The number of hydrogen-bond donors (Lipinski definition) is 3. The van der Waals surface area contributed by atoms with Gasteiger partial charge in [-0.2, -0.15) is 0 Å². The number of nitrogens with zero attached hydrogens (tertiary/aromatic N) is 4. The van der Waals surface area contributed by atoms with Crippen molar-refractivity contribution in [2.45, 2.75) is 19.5 Å². The van der Waals surface area contributed by atoms with Crippen molar-refractivity contribution >= 4 is 28.9 Å². The van der Waals surface area contributed by atoms with Gasteiger partial charge in [0.25, 0.3) is 16.8 Å². The molecule has 0 saturated carbocycles. The van der Waals surface area contributed by atoms with Gasteiger partial charge in [0.15, 0.2) is 5.65 Å². The molecular weight excluding hydrogens is 428 g/mol. The number of aromatic carboxylic acids is 1. The molecule has 166 valence electrons. The van der Waals surface area contributed by atoms with Gasteiger partial charge in [0.1, 0.15) is 29.1 Å². The fourth-order valence-electron chi connectivity index (χ4n) is 4.09. The third-order valence-electron chi connectivity index (χ3n) is 5.81. The van der Waals surface area contributed by atoms with E-state index in [1.54, 1.807) is 0 Å². The van der Waals surface area contributed by atoms with E-state index < -0.39 is 22.7 Å². The summed E-state index contributed by atoms with van der Waals surface area (Å²) in [5.74, 6) is -1.71. The van der Waals surface area contributed by atoms with E-state index in [-0.39, 0.29) is 35.0 Å². The predicted octanol–water partition coefficient (Wildman–Crippen LogP) is 0.0984. The molecule has 3 heterocycles. The first-order valence-electron chi connectivity index (χ1n) is 10.1. The van der Waals surface area contributed by atoms with Gasteiger partial charge in [0.05, 0.1) is 6.20 Å². The van der Waals surface area contributed by atoms with Crippen LogP contribution in [0.1, 0.15) is 37.7 Å². The molecule has 1 aliphatic heterocycles. The summed E-state index contributed by atoms with van der Waals surface area (Å²) in [6.45, 7) is 1.23. The van der Waals surface area contributed by atoms with E-state index in [1.807, 2.05) is 23.1 Å². The average molecular weight is 446 g/mol. The summed E-state index contributed by atoms with van der Waals surface area (Å²) in [4.78, 5) is 57.3. The fraction of sp³-hybridized carbons (Fsp3) is 0.182. The Hall–Kier alpha value is -4.54. The van der Waals surface area contributed by atoms with E-state index >= 15 is 0 Å². The Morgan fingerprint density at radius 2 is 1.97 bits per heavy atom. The van der Waals surface area contributed by atoms with Crippen molar-refractivity contribution in [3.63, 3.8) is 0 Å². The van der Waals surface area contributed by atoms with Crippen LogP contribution < -0.4 is 26.8 Å². The number of amides is 1. The summed E-state index contributed by atoms with van der Waals surface area (Å²) in [6, 6.07) is 7.00. The highest BCUT2D eigenvalue weighted by molar-refractivity contribution is 5.96. The lowest BCUT2D eigenvalue weighted by Gasteiger charge is -2.32. The number of carboxylic acids is 1. The molecule has 2 aromatic heterocycles. The molecule has 11 heteroatoms. The van der Waals surface area contributed by atoms with Crippen molar-refractivity contribution < 1.29 is 14.7 Å². The van der Waals surface area contributed by atoms with Crippen LogP contribution in [-0.4, -0.2) is 37.9 Å². The summed E-state index contributed by atoms with van der Waals surface area (Å²) < 4.78 is 1.29. The van der Waals surface area contributed by atoms with Gasteiger partial charge >= 0.3 is 5.97 Å². The SMILES string of the molecule is Nc1c(N2CCc3ccc(CNC(=O)c4cc(C(=O)O)n5cncc5n4)cc3C2)c(=O)c1=O. The number of nitrogen functional groups attached to an aromatic ring is 1. The third-order valence-corrected chi connectivity index (χ3v) is 5.81. The minimum Gasteiger partial charge on any atom is -0.477 e. The molecule has 0 atom stereocenters. The largest absolute Gasteiger partial charge is 0.477 e. The zero-order valence-electron chi connectivity index (χ0n) is 17.2. The van der Waals surface area contributed by atoms with Crippen molar-refractivity contribution in [2.75, 3.05) is 17.2 Å². The molecule has 2 aromatic carbocycles. The molecule has 0 radical (unpaired) electrons. The van der Waals surface area contributed by atoms with Gasteiger partial charge in [0, 0.05) is 25.7 Å². The number of nitrogens with one attached hydrogen (secondary N) is 1. The Morgan fingerprint density at radius 1 is 1.15 bits per heavy atom. The summed E-state index contributed by atoms with van der Waals surface area (Å²) >= 11 is 0. The van der Waals surface area contributed by atoms with Crippen LogP contribution in [0.3, 0.4) is 0 Å². The Balaban J connectivity index is 1.32. The second kappa shape index (κ2) is 7.55. The number of fused-ring (bicyclic) bond motifs is 2. The van der Waals surface area contributed by atoms with Crippen molar-refractivity contribution in [1.82, 2.24) is 19.7 Å². The molecule has 11 nitrogen and oxygen atoms in total. The zero-order chi connectivity index (χ0) is 23.3. The highest BCUT2D eigenvalue weighted by Crippen LogP contribution is 2.26. The van der Waals surface area contributed by atoms with Gasteiger partial charge in [0.2, 0.25) is 0 Å². The number of imidazole rings is 1. The number of benzene rings is 1. The molecule has 0 fully saturated rings. The number of aromatic nitrogens is 3. The van der Waals surface area contributed by atoms with Crippen molar-refractivity contribution in [3.8, 4) is 0 Å². The maximum atomic E-state index is 12.6. The quantitative estimate of drug-likeness (QED) is 0.361. The number of hydrogen-bond acceptors (Lipinski definition) is 8. The fourth-order valence-corrected chi connectivity index (χ4v) is 4.09. The minimum absolute atomic E-state index is 0.00949. The molecule has 0 spiro atoms.